The molecule has 0 bridgehead atoms. The molecule has 2 N–H and O–H groups in total. The van der Waals surface area contributed by atoms with Gasteiger partial charge >= 0.3 is 0 Å². The fourth-order valence-electron chi connectivity index (χ4n) is 6.64. The first-order valence-electron chi connectivity index (χ1n) is 19.8. The van der Waals surface area contributed by atoms with Crippen molar-refractivity contribution in [3.63, 3.8) is 0 Å². The number of aryl methyl sites for hydroxylation is 2. The maximum atomic E-state index is 14.2. The zero-order valence-corrected chi connectivity index (χ0v) is 35.2. The molecule has 13 nitrogen and oxygen atoms in total. The Morgan fingerprint density at radius 1 is 0.574 bits per heavy atom. The van der Waals surface area contributed by atoms with E-state index < -0.39 is 10.1 Å². The molecule has 1 aliphatic carbocycles. The number of carbonyl (C=O) groups is 2. The number of carbonyl (C=O) groups excluding carboxylic acids is 2. The number of pyridine rings is 2. The Bertz CT molecular complexity index is 2420. The Balaban J connectivity index is 0.00000118. The Labute approximate surface area is 357 Å². The second-order valence-corrected chi connectivity index (χ2v) is 15.7. The van der Waals surface area contributed by atoms with Gasteiger partial charge in [0, 0.05) is 104 Å². The highest BCUT2D eigenvalue weighted by Gasteiger charge is 2.33. The van der Waals surface area contributed by atoms with Crippen molar-refractivity contribution in [3.05, 3.63) is 179 Å². The van der Waals surface area contributed by atoms with Gasteiger partial charge in [0.05, 0.1) is 45.0 Å². The molecular weight excluding hydrogens is 789 g/mol. The molecule has 0 radical (unpaired) electrons. The van der Waals surface area contributed by atoms with Crippen LogP contribution in [0.3, 0.4) is 0 Å². The number of hydrazone groups is 2. The van der Waals surface area contributed by atoms with E-state index in [4.69, 9.17) is 13.0 Å². The molecule has 2 heterocycles. The van der Waals surface area contributed by atoms with Crippen LogP contribution < -0.4 is 29.8 Å². The zero-order valence-electron chi connectivity index (χ0n) is 34.4. The summed E-state index contributed by atoms with van der Waals surface area (Å²) in [6.07, 6.45) is 14.1. The number of nitrogens with zero attached hydrogens (tertiary/aromatic N) is 6. The summed E-state index contributed by atoms with van der Waals surface area (Å²) < 4.78 is 31.5. The van der Waals surface area contributed by atoms with E-state index in [2.05, 4.69) is 30.0 Å². The van der Waals surface area contributed by atoms with Crippen LogP contribution in [-0.4, -0.2) is 70.4 Å². The van der Waals surface area contributed by atoms with E-state index in [-0.39, 0.29) is 11.6 Å². The number of para-hydroxylation sites is 2. The van der Waals surface area contributed by atoms with E-state index in [0.29, 0.717) is 53.0 Å². The molecule has 0 saturated heterocycles. The largest absolute Gasteiger partial charge is 0.748 e. The minimum atomic E-state index is -3.92. The Morgan fingerprint density at radius 3 is 1.33 bits per heavy atom. The van der Waals surface area contributed by atoms with Crippen molar-refractivity contribution in [2.45, 2.75) is 25.9 Å². The van der Waals surface area contributed by atoms with Crippen LogP contribution in [0.2, 0.25) is 0 Å². The fraction of sp³-hybridized carbons (Fsp3) is 0.191. The minimum absolute atomic E-state index is 0.134. The van der Waals surface area contributed by atoms with E-state index in [0.717, 1.165) is 48.4 Å². The summed E-state index contributed by atoms with van der Waals surface area (Å²) in [4.78, 5) is 27.9. The number of hydrogen-bond acceptors (Lipinski definition) is 11. The standard InChI is InChI=1S/C46H45N8O2.CH4O3S/c1-51(37-13-5-3-6-14-37)49-33-35-21-29-53(30-22-35)27-11-25-47-41-19-9-17-39-43(41)46(56)44-40(45(39)55)18-10-20-42(44)48-26-12-28-54-31-23-36(24-32-54)34-50-52(2)38-15-7-4-8-16-38;1-5(2,3)4/h3-10,13-24,29-34H,11-12,25-28H2,1-2H3,(H-,47,48,56);1H3,(H,2,3,4)/q+1;. The summed E-state index contributed by atoms with van der Waals surface area (Å²) >= 11 is 0. The molecule has 0 fully saturated rings. The lowest BCUT2D eigenvalue weighted by atomic mass is 9.82. The number of rotatable bonds is 16. The molecule has 312 valence electrons. The summed E-state index contributed by atoms with van der Waals surface area (Å²) in [5.41, 5.74) is 7.16. The van der Waals surface area contributed by atoms with Gasteiger partial charge in [0.1, 0.15) is 13.1 Å². The minimum Gasteiger partial charge on any atom is -0.748 e. The van der Waals surface area contributed by atoms with Gasteiger partial charge in [-0.15, -0.1) is 0 Å². The van der Waals surface area contributed by atoms with Crippen LogP contribution in [0, 0.1) is 0 Å². The number of nitrogens with one attached hydrogen (secondary N) is 2. The van der Waals surface area contributed by atoms with Crippen LogP contribution in [0.1, 0.15) is 55.8 Å². The van der Waals surface area contributed by atoms with Crippen LogP contribution in [0.25, 0.3) is 0 Å². The molecule has 0 amide bonds. The molecule has 6 aromatic rings. The Kier molecular flexibility index (Phi) is 14.8. The third kappa shape index (κ3) is 12.5. The SMILES string of the molecule is CN(/N=C/c1cc[n+](CCCNc2cccc3c2C(=O)c2c(NCCC[n+]4ccc(/C=N/N(C)c5ccccc5)cc4)cccc2C3=O)cc1)c1ccccc1.CS(=O)(=O)[O-]. The zero-order chi connectivity index (χ0) is 43.2. The predicted octanol–water partition coefficient (Wildman–Crippen LogP) is 6.14. The number of benzene rings is 4. The molecular formula is C47H49N8O5S+. The average molecular weight is 838 g/mol. The molecule has 0 unspecified atom stereocenters. The normalized spacial score (nSPS) is 12.1. The van der Waals surface area contributed by atoms with Gasteiger partial charge in [0.25, 0.3) is 0 Å². The van der Waals surface area contributed by atoms with Crippen LogP contribution in [0.15, 0.2) is 156 Å². The lowest BCUT2D eigenvalue weighted by molar-refractivity contribution is -0.697. The molecule has 0 aliphatic heterocycles. The molecule has 4 aromatic carbocycles. The van der Waals surface area contributed by atoms with Crippen molar-refractivity contribution < 1.29 is 31.7 Å². The third-order valence-corrected chi connectivity index (χ3v) is 9.74. The number of aromatic nitrogens is 2. The topological polar surface area (TPSA) is 154 Å². The second-order valence-electron chi connectivity index (χ2n) is 14.3. The van der Waals surface area contributed by atoms with E-state index in [9.17, 15) is 9.59 Å². The van der Waals surface area contributed by atoms with Crippen molar-refractivity contribution in [2.24, 2.45) is 10.2 Å². The first-order valence-corrected chi connectivity index (χ1v) is 21.6. The number of anilines is 4. The van der Waals surface area contributed by atoms with Crippen molar-refractivity contribution >= 4 is 56.9 Å². The fourth-order valence-corrected chi connectivity index (χ4v) is 6.64. The first kappa shape index (κ1) is 43.5. The molecule has 61 heavy (non-hydrogen) atoms. The maximum Gasteiger partial charge on any atom is 0.198 e. The van der Waals surface area contributed by atoms with Gasteiger partial charge in [-0.25, -0.2) is 17.6 Å². The third-order valence-electron chi connectivity index (χ3n) is 9.74. The maximum absolute atomic E-state index is 14.2. The van der Waals surface area contributed by atoms with Gasteiger partial charge in [-0.1, -0.05) is 60.7 Å². The molecule has 0 atom stereocenters. The quantitative estimate of drug-likeness (QED) is 0.0384. The van der Waals surface area contributed by atoms with Gasteiger partial charge < -0.3 is 15.2 Å². The Morgan fingerprint density at radius 2 is 0.951 bits per heavy atom. The lowest BCUT2D eigenvalue weighted by Crippen LogP contribution is -2.34. The first-order chi connectivity index (χ1) is 29.4. The van der Waals surface area contributed by atoms with Crippen LogP contribution >= 0.6 is 0 Å². The lowest BCUT2D eigenvalue weighted by Gasteiger charge is -2.23. The van der Waals surface area contributed by atoms with Crippen molar-refractivity contribution in [2.75, 3.05) is 54.1 Å². The molecule has 14 heteroatoms. The molecule has 2 aromatic heterocycles. The van der Waals surface area contributed by atoms with E-state index in [1.807, 2.05) is 171 Å². The van der Waals surface area contributed by atoms with E-state index in [1.165, 1.54) is 0 Å². The van der Waals surface area contributed by atoms with Crippen molar-refractivity contribution in [3.8, 4) is 0 Å². The highest BCUT2D eigenvalue weighted by atomic mass is 32.2. The highest BCUT2D eigenvalue weighted by Crippen LogP contribution is 2.35. The number of hydrogen-bond donors (Lipinski definition) is 2. The smallest absolute Gasteiger partial charge is 0.198 e. The molecule has 0 saturated carbocycles. The van der Waals surface area contributed by atoms with Crippen LogP contribution in [0.4, 0.5) is 22.7 Å². The summed E-state index contributed by atoms with van der Waals surface area (Å²) in [6.45, 7) is 2.85. The predicted molar refractivity (Wildman–Crippen MR) is 240 cm³/mol. The van der Waals surface area contributed by atoms with Gasteiger partial charge in [-0.3, -0.25) is 19.6 Å². The molecule has 7 rings (SSSR count). The van der Waals surface area contributed by atoms with Crippen LogP contribution in [-0.2, 0) is 23.2 Å². The summed E-state index contributed by atoms with van der Waals surface area (Å²) in [5, 5.41) is 19.7. The van der Waals surface area contributed by atoms with E-state index in [1.54, 1.807) is 12.1 Å². The van der Waals surface area contributed by atoms with Gasteiger partial charge in [-0.2, -0.15) is 10.2 Å². The van der Waals surface area contributed by atoms with Crippen LogP contribution in [0.5, 0.6) is 0 Å². The molecule has 1 aliphatic rings. The van der Waals surface area contributed by atoms with Crippen molar-refractivity contribution in [1.29, 1.82) is 0 Å². The number of ketones is 2. The Hall–Kier alpha value is -7.03. The second kappa shape index (κ2) is 20.8. The summed E-state index contributed by atoms with van der Waals surface area (Å²) in [6, 6.07) is 39.1. The summed E-state index contributed by atoms with van der Waals surface area (Å²) in [7, 11) is -0.0615. The average Bonchev–Trinajstić information content (AvgIpc) is 3.27. The van der Waals surface area contributed by atoms with Crippen molar-refractivity contribution in [1.82, 2.24) is 0 Å². The highest BCUT2D eigenvalue weighted by molar-refractivity contribution is 7.84. The number of fused-ring (bicyclic) bond motifs is 2. The summed E-state index contributed by atoms with van der Waals surface area (Å²) in [5.74, 6) is -0.278. The van der Waals surface area contributed by atoms with E-state index >= 15 is 0 Å². The monoisotopic (exact) mass is 837 g/mol. The van der Waals surface area contributed by atoms with Gasteiger partial charge in [0.2, 0.25) is 0 Å². The van der Waals surface area contributed by atoms with Gasteiger partial charge in [0.15, 0.2) is 36.4 Å². The molecule has 0 spiro atoms. The van der Waals surface area contributed by atoms with Gasteiger partial charge in [-0.05, 0) is 36.4 Å².